The third-order valence-electron chi connectivity index (χ3n) is 3.05. The topological polar surface area (TPSA) is 3.24 Å². The molecule has 0 aromatic rings. The molecule has 2 bridgehead atoms. The van der Waals surface area contributed by atoms with Gasteiger partial charge in [-0.25, -0.2) is 8.78 Å². The van der Waals surface area contributed by atoms with Gasteiger partial charge in [-0.3, -0.25) is 4.90 Å². The minimum atomic E-state index is -2.38. The Morgan fingerprint density at radius 3 is 2.17 bits per heavy atom. The van der Waals surface area contributed by atoms with Crippen molar-refractivity contribution in [3.05, 3.63) is 0 Å². The Morgan fingerprint density at radius 1 is 1.25 bits per heavy atom. The van der Waals surface area contributed by atoms with E-state index in [-0.39, 0.29) is 24.9 Å². The van der Waals surface area contributed by atoms with Gasteiger partial charge in [-0.05, 0) is 20.3 Å². The van der Waals surface area contributed by atoms with Crippen molar-refractivity contribution in [3.8, 4) is 0 Å². The Kier molecular flexibility index (Phi) is 1.69. The highest BCUT2D eigenvalue weighted by Gasteiger charge is 2.53. The molecule has 2 aliphatic heterocycles. The lowest BCUT2D eigenvalue weighted by molar-refractivity contribution is -0.167. The molecular formula is C9H15F2N. The maximum atomic E-state index is 12.9. The molecule has 0 amide bonds. The monoisotopic (exact) mass is 175 g/mol. The second kappa shape index (κ2) is 2.41. The molecule has 70 valence electrons. The van der Waals surface area contributed by atoms with E-state index in [0.717, 1.165) is 6.42 Å². The molecule has 1 aliphatic carbocycles. The highest BCUT2D eigenvalue weighted by molar-refractivity contribution is 5.03. The summed E-state index contributed by atoms with van der Waals surface area (Å²) in [6.07, 6.45) is 1.16. The second-order valence-electron chi connectivity index (χ2n) is 4.35. The number of alkyl halides is 2. The third kappa shape index (κ3) is 1.15. The average Bonchev–Trinajstić information content (AvgIpc) is 1.81. The summed E-state index contributed by atoms with van der Waals surface area (Å²) in [6.45, 7) is 4.17. The zero-order valence-electron chi connectivity index (χ0n) is 7.56. The number of piperidine rings is 1. The number of rotatable bonds is 1. The smallest absolute Gasteiger partial charge is 0.251 e. The molecule has 0 radical (unpaired) electrons. The summed E-state index contributed by atoms with van der Waals surface area (Å²) >= 11 is 0. The van der Waals surface area contributed by atoms with Crippen molar-refractivity contribution in [1.82, 2.24) is 4.90 Å². The molecule has 0 aromatic heterocycles. The summed E-state index contributed by atoms with van der Waals surface area (Å²) in [7, 11) is 0. The fourth-order valence-electron chi connectivity index (χ4n) is 2.71. The predicted octanol–water partition coefficient (Wildman–Crippen LogP) is 2.27. The van der Waals surface area contributed by atoms with Crippen molar-refractivity contribution >= 4 is 0 Å². The molecule has 3 rings (SSSR count). The molecule has 0 N–H and O–H groups in total. The van der Waals surface area contributed by atoms with Gasteiger partial charge in [0.15, 0.2) is 0 Å². The first-order valence-electron chi connectivity index (χ1n) is 4.65. The Hall–Kier alpha value is -0.180. The van der Waals surface area contributed by atoms with E-state index in [2.05, 4.69) is 18.7 Å². The predicted molar refractivity (Wildman–Crippen MR) is 43.3 cm³/mol. The number of hydrogen-bond donors (Lipinski definition) is 0. The van der Waals surface area contributed by atoms with Gasteiger partial charge < -0.3 is 0 Å². The van der Waals surface area contributed by atoms with Gasteiger partial charge in [0.1, 0.15) is 0 Å². The molecule has 0 aromatic carbocycles. The normalized spacial score (nSPS) is 39.8. The molecule has 1 nitrogen and oxygen atoms in total. The van der Waals surface area contributed by atoms with Crippen LogP contribution in [0.15, 0.2) is 0 Å². The average molecular weight is 175 g/mol. The van der Waals surface area contributed by atoms with Crippen LogP contribution >= 0.6 is 0 Å². The Morgan fingerprint density at radius 2 is 1.75 bits per heavy atom. The van der Waals surface area contributed by atoms with Crippen LogP contribution in [-0.2, 0) is 0 Å². The van der Waals surface area contributed by atoms with E-state index in [4.69, 9.17) is 0 Å². The summed E-state index contributed by atoms with van der Waals surface area (Å²) in [5, 5.41) is 0. The van der Waals surface area contributed by atoms with Crippen LogP contribution in [0.1, 0.15) is 33.1 Å². The van der Waals surface area contributed by atoms with Gasteiger partial charge in [0.25, 0.3) is 5.92 Å². The lowest BCUT2D eigenvalue weighted by atomic mass is 9.76. The van der Waals surface area contributed by atoms with E-state index in [1.54, 1.807) is 0 Å². The van der Waals surface area contributed by atoms with Crippen LogP contribution in [0.25, 0.3) is 0 Å². The molecule has 12 heavy (non-hydrogen) atoms. The summed E-state index contributed by atoms with van der Waals surface area (Å²) < 4.78 is 25.8. The van der Waals surface area contributed by atoms with Crippen molar-refractivity contribution in [2.45, 2.75) is 57.2 Å². The van der Waals surface area contributed by atoms with Crippen LogP contribution in [0.3, 0.4) is 0 Å². The fraction of sp³-hybridized carbons (Fsp3) is 1.00. The van der Waals surface area contributed by atoms with Crippen LogP contribution in [-0.4, -0.2) is 28.9 Å². The summed E-state index contributed by atoms with van der Waals surface area (Å²) in [6, 6.07) is 0.766. The highest BCUT2D eigenvalue weighted by atomic mass is 19.3. The molecule has 3 heteroatoms. The van der Waals surface area contributed by atoms with Crippen molar-refractivity contribution in [3.63, 3.8) is 0 Å². The standard InChI is InChI=1S/C9H15F2N/c1-6(2)12-7-3-8(12)5-9(10,11)4-7/h6-8H,3-5H2,1-2H3. The van der Waals surface area contributed by atoms with Crippen LogP contribution in [0.5, 0.6) is 0 Å². The van der Waals surface area contributed by atoms with Crippen LogP contribution in [0, 0.1) is 0 Å². The van der Waals surface area contributed by atoms with Gasteiger partial charge in [0, 0.05) is 31.0 Å². The first-order valence-corrected chi connectivity index (χ1v) is 4.65. The summed E-state index contributed by atoms with van der Waals surface area (Å²) in [4.78, 5) is 2.23. The van der Waals surface area contributed by atoms with Crippen LogP contribution in [0.4, 0.5) is 8.78 Å². The van der Waals surface area contributed by atoms with Gasteiger partial charge in [-0.15, -0.1) is 0 Å². The third-order valence-corrected chi connectivity index (χ3v) is 3.05. The van der Waals surface area contributed by atoms with Gasteiger partial charge in [-0.1, -0.05) is 0 Å². The van der Waals surface area contributed by atoms with Crippen LogP contribution in [0.2, 0.25) is 0 Å². The molecule has 2 atom stereocenters. The number of halogens is 2. The van der Waals surface area contributed by atoms with Gasteiger partial charge in [-0.2, -0.15) is 0 Å². The van der Waals surface area contributed by atoms with E-state index in [0.29, 0.717) is 6.04 Å². The molecular weight excluding hydrogens is 160 g/mol. The van der Waals surface area contributed by atoms with E-state index in [1.165, 1.54) is 0 Å². The highest BCUT2D eigenvalue weighted by Crippen LogP contribution is 2.46. The van der Waals surface area contributed by atoms with Gasteiger partial charge in [0.2, 0.25) is 0 Å². The van der Waals surface area contributed by atoms with E-state index in [1.807, 2.05) is 0 Å². The van der Waals surface area contributed by atoms with Gasteiger partial charge in [0.05, 0.1) is 0 Å². The van der Waals surface area contributed by atoms with Crippen molar-refractivity contribution in [2.24, 2.45) is 0 Å². The van der Waals surface area contributed by atoms with Crippen molar-refractivity contribution in [1.29, 1.82) is 0 Å². The quantitative estimate of drug-likeness (QED) is 0.591. The zero-order chi connectivity index (χ0) is 8.93. The van der Waals surface area contributed by atoms with Crippen molar-refractivity contribution < 1.29 is 8.78 Å². The minimum absolute atomic E-state index is 0.0850. The Bertz CT molecular complexity index is 177. The largest absolute Gasteiger partial charge is 0.294 e. The fourth-order valence-corrected chi connectivity index (χ4v) is 2.71. The van der Waals surface area contributed by atoms with E-state index in [9.17, 15) is 8.78 Å². The maximum Gasteiger partial charge on any atom is 0.251 e. The molecule has 3 aliphatic rings. The first kappa shape index (κ1) is 8.42. The minimum Gasteiger partial charge on any atom is -0.294 e. The maximum absolute atomic E-state index is 12.9. The first-order chi connectivity index (χ1) is 5.49. The number of nitrogens with zero attached hydrogens (tertiary/aromatic N) is 1. The summed E-state index contributed by atoms with van der Waals surface area (Å²) in [5.74, 6) is -2.38. The van der Waals surface area contributed by atoms with Crippen molar-refractivity contribution in [2.75, 3.05) is 0 Å². The summed E-state index contributed by atoms with van der Waals surface area (Å²) in [5.41, 5.74) is 0. The number of hydrogen-bond acceptors (Lipinski definition) is 1. The van der Waals surface area contributed by atoms with Gasteiger partial charge >= 0.3 is 0 Å². The molecule has 2 saturated heterocycles. The second-order valence-corrected chi connectivity index (χ2v) is 4.35. The van der Waals surface area contributed by atoms with E-state index < -0.39 is 5.92 Å². The molecule has 0 spiro atoms. The Balaban J connectivity index is 2.03. The lowest BCUT2D eigenvalue weighted by Gasteiger charge is -2.57. The Labute approximate surface area is 71.7 Å². The SMILES string of the molecule is CC(C)N1C2CC1CC(F)(F)C2. The molecule has 2 heterocycles. The molecule has 3 fully saturated rings. The zero-order valence-corrected chi connectivity index (χ0v) is 7.56. The molecule has 2 unspecified atom stereocenters. The molecule has 1 saturated carbocycles. The number of fused-ring (bicyclic) bond motifs is 2. The van der Waals surface area contributed by atoms with Crippen LogP contribution < -0.4 is 0 Å². The van der Waals surface area contributed by atoms with E-state index >= 15 is 0 Å². The lowest BCUT2D eigenvalue weighted by Crippen LogP contribution is -2.65.